The summed E-state index contributed by atoms with van der Waals surface area (Å²) >= 11 is 1.12. The van der Waals surface area contributed by atoms with Crippen LogP contribution in [-0.4, -0.2) is 28.6 Å². The molecule has 0 aromatic heterocycles. The van der Waals surface area contributed by atoms with E-state index in [9.17, 15) is 4.79 Å². The topological polar surface area (TPSA) is 29.4 Å². The van der Waals surface area contributed by atoms with E-state index in [1.165, 1.54) is 11.1 Å². The molecule has 0 bridgehead atoms. The minimum absolute atomic E-state index is 0.760. The summed E-state index contributed by atoms with van der Waals surface area (Å²) in [4.78, 5) is 13.6. The van der Waals surface area contributed by atoms with E-state index in [4.69, 9.17) is 0 Å². The van der Waals surface area contributed by atoms with E-state index in [0.29, 0.717) is 0 Å². The second-order valence-electron chi connectivity index (χ2n) is 3.08. The number of carbonyl (C=O) groups excluding carboxylic acids is 1. The van der Waals surface area contributed by atoms with Gasteiger partial charge in [-0.2, -0.15) is 0 Å². The van der Waals surface area contributed by atoms with Gasteiger partial charge in [0.15, 0.2) is 0 Å². The number of hydrogen-bond donors (Lipinski definition) is 0. The number of rotatable bonds is 2. The third-order valence-corrected chi connectivity index (χ3v) is 2.73. The zero-order valence-corrected chi connectivity index (χ0v) is 11.0. The molecule has 0 spiro atoms. The number of aliphatic imine (C=N–C) groups is 1. The van der Waals surface area contributed by atoms with Crippen LogP contribution in [-0.2, 0) is 4.79 Å². The summed E-state index contributed by atoms with van der Waals surface area (Å²) < 4.78 is 0.760. The third kappa shape index (κ3) is 3.13. The molecule has 69 valence electrons. The summed E-state index contributed by atoms with van der Waals surface area (Å²) in [6.45, 7) is 4.14. The summed E-state index contributed by atoms with van der Waals surface area (Å²) in [6.07, 6.45) is 3.44. The van der Waals surface area contributed by atoms with E-state index in [-0.39, 0.29) is 0 Å². The molecule has 1 aromatic rings. The van der Waals surface area contributed by atoms with Crippen LogP contribution in [0.2, 0.25) is 0 Å². The summed E-state index contributed by atoms with van der Waals surface area (Å²) in [5, 5.41) is 0. The van der Waals surface area contributed by atoms with Crippen LogP contribution in [0.15, 0.2) is 26.9 Å². The Kier molecular flexibility index (Phi) is 4.11. The molecule has 0 aliphatic heterocycles. The SMILES string of the molecule is Cc1ccc(/C=[C](/[Sn])N=C=O)cc1C. The second-order valence-corrected chi connectivity index (χ2v) is 4.54. The van der Waals surface area contributed by atoms with Gasteiger partial charge in [0.2, 0.25) is 0 Å². The van der Waals surface area contributed by atoms with Gasteiger partial charge in [0.25, 0.3) is 0 Å². The normalized spacial score (nSPS) is 10.9. The zero-order chi connectivity index (χ0) is 10.6. The van der Waals surface area contributed by atoms with Gasteiger partial charge in [0, 0.05) is 0 Å². The molecule has 1 rings (SSSR count). The molecule has 0 saturated carbocycles. The van der Waals surface area contributed by atoms with Crippen LogP contribution in [0.4, 0.5) is 0 Å². The first-order chi connectivity index (χ1) is 6.63. The van der Waals surface area contributed by atoms with E-state index in [0.717, 1.165) is 31.8 Å². The van der Waals surface area contributed by atoms with Crippen molar-refractivity contribution in [3.8, 4) is 0 Å². The van der Waals surface area contributed by atoms with E-state index in [2.05, 4.69) is 31.0 Å². The fourth-order valence-corrected chi connectivity index (χ4v) is 1.70. The van der Waals surface area contributed by atoms with Crippen LogP contribution in [0.1, 0.15) is 16.7 Å². The summed E-state index contributed by atoms with van der Waals surface area (Å²) in [7, 11) is 0. The first-order valence-electron chi connectivity index (χ1n) is 4.22. The Balaban J connectivity index is 3.04. The molecule has 0 atom stereocenters. The van der Waals surface area contributed by atoms with Crippen LogP contribution < -0.4 is 0 Å². The number of hydrogen-bond acceptors (Lipinski definition) is 2. The molecular formula is C11H10NOSn. The van der Waals surface area contributed by atoms with Gasteiger partial charge in [-0.05, 0) is 0 Å². The molecule has 0 saturated heterocycles. The van der Waals surface area contributed by atoms with E-state index in [1.54, 1.807) is 6.08 Å². The van der Waals surface area contributed by atoms with Crippen molar-refractivity contribution in [2.24, 2.45) is 4.99 Å². The molecular weight excluding hydrogens is 281 g/mol. The Morgan fingerprint density at radius 3 is 2.71 bits per heavy atom. The van der Waals surface area contributed by atoms with Crippen molar-refractivity contribution >= 4 is 34.7 Å². The molecule has 0 fully saturated rings. The van der Waals surface area contributed by atoms with Crippen LogP contribution in [0.5, 0.6) is 0 Å². The fourth-order valence-electron chi connectivity index (χ4n) is 1.09. The molecule has 3 heteroatoms. The standard InChI is InChI=1S/C11H10NO.Sn/c1-9-3-4-11(7-10(9)2)5-6-12-8-13;/h3-5,7H,1-2H3;. The fraction of sp³-hybridized carbons (Fsp3) is 0.182. The molecule has 0 amide bonds. The Morgan fingerprint density at radius 1 is 1.43 bits per heavy atom. The van der Waals surface area contributed by atoms with Gasteiger partial charge < -0.3 is 0 Å². The first kappa shape index (κ1) is 11.2. The molecule has 0 aliphatic rings. The molecule has 0 unspecified atom stereocenters. The van der Waals surface area contributed by atoms with Crippen molar-refractivity contribution in [3.63, 3.8) is 0 Å². The van der Waals surface area contributed by atoms with Crippen molar-refractivity contribution in [3.05, 3.63) is 38.6 Å². The van der Waals surface area contributed by atoms with Crippen LogP contribution in [0.25, 0.3) is 6.08 Å². The predicted octanol–water partition coefficient (Wildman–Crippen LogP) is 2.11. The Bertz CT molecular complexity index is 417. The first-order valence-corrected chi connectivity index (χ1v) is 5.64. The summed E-state index contributed by atoms with van der Waals surface area (Å²) in [5.74, 6) is 0. The number of isocyanates is 1. The molecule has 0 aliphatic carbocycles. The monoisotopic (exact) mass is 292 g/mol. The Morgan fingerprint density at radius 2 is 2.14 bits per heavy atom. The van der Waals surface area contributed by atoms with Crippen molar-refractivity contribution in [2.45, 2.75) is 13.8 Å². The van der Waals surface area contributed by atoms with Crippen LogP contribution >= 0.6 is 0 Å². The average Bonchev–Trinajstić information content (AvgIpc) is 2.12. The molecule has 1 aromatic carbocycles. The number of benzene rings is 1. The molecule has 14 heavy (non-hydrogen) atoms. The van der Waals surface area contributed by atoms with Gasteiger partial charge >= 0.3 is 96.9 Å². The molecule has 0 N–H and O–H groups in total. The van der Waals surface area contributed by atoms with Crippen molar-refractivity contribution in [1.29, 1.82) is 0 Å². The zero-order valence-electron chi connectivity index (χ0n) is 8.16. The van der Waals surface area contributed by atoms with Crippen LogP contribution in [0, 0.1) is 13.8 Å². The van der Waals surface area contributed by atoms with Crippen molar-refractivity contribution in [2.75, 3.05) is 0 Å². The third-order valence-electron chi connectivity index (χ3n) is 2.00. The average molecular weight is 291 g/mol. The maximum atomic E-state index is 10.0. The number of aryl methyl sites for hydroxylation is 2. The van der Waals surface area contributed by atoms with Gasteiger partial charge in [-0.15, -0.1) is 0 Å². The Labute approximate surface area is 96.8 Å². The van der Waals surface area contributed by atoms with Crippen LogP contribution in [0.3, 0.4) is 0 Å². The van der Waals surface area contributed by atoms with E-state index in [1.807, 2.05) is 12.1 Å². The quantitative estimate of drug-likeness (QED) is 0.466. The summed E-state index contributed by atoms with van der Waals surface area (Å²) in [6, 6.07) is 6.17. The van der Waals surface area contributed by atoms with Gasteiger partial charge in [0.1, 0.15) is 0 Å². The van der Waals surface area contributed by atoms with Gasteiger partial charge in [-0.3, -0.25) is 0 Å². The number of nitrogens with zero attached hydrogens (tertiary/aromatic N) is 1. The second kappa shape index (κ2) is 5.13. The summed E-state index contributed by atoms with van der Waals surface area (Å²) in [5.41, 5.74) is 3.60. The van der Waals surface area contributed by atoms with Gasteiger partial charge in [-0.25, -0.2) is 0 Å². The molecule has 2 nitrogen and oxygen atoms in total. The van der Waals surface area contributed by atoms with Gasteiger partial charge in [-0.1, -0.05) is 0 Å². The predicted molar refractivity (Wildman–Crippen MR) is 57.8 cm³/mol. The molecule has 3 radical (unpaired) electrons. The maximum absolute atomic E-state index is 10.0. The van der Waals surface area contributed by atoms with Gasteiger partial charge in [0.05, 0.1) is 0 Å². The Hall–Kier alpha value is -0.861. The molecule has 0 heterocycles. The van der Waals surface area contributed by atoms with E-state index >= 15 is 0 Å². The van der Waals surface area contributed by atoms with Crippen molar-refractivity contribution in [1.82, 2.24) is 0 Å². The van der Waals surface area contributed by atoms with Crippen molar-refractivity contribution < 1.29 is 4.79 Å². The van der Waals surface area contributed by atoms with E-state index < -0.39 is 0 Å². The minimum atomic E-state index is 0.760.